The van der Waals surface area contributed by atoms with Gasteiger partial charge >= 0.3 is 0 Å². The molecule has 5 aromatic rings. The maximum atomic E-state index is 5.45. The predicted octanol–water partition coefficient (Wildman–Crippen LogP) is 10.3. The van der Waals surface area contributed by atoms with Crippen LogP contribution in [0.25, 0.3) is 0 Å². The number of nitrogen functional groups attached to an aromatic ring is 1. The Kier molecular flexibility index (Phi) is 14.9. The van der Waals surface area contributed by atoms with Crippen molar-refractivity contribution in [3.8, 4) is 17.2 Å². The van der Waals surface area contributed by atoms with E-state index < -0.39 is 0 Å². The maximum Gasteiger partial charge on any atom is 0.120 e. The van der Waals surface area contributed by atoms with Gasteiger partial charge in [-0.2, -0.15) is 0 Å². The Hall–Kier alpha value is -4.14. The quantitative estimate of drug-likeness (QED) is 0.147. The van der Waals surface area contributed by atoms with Crippen LogP contribution in [0.15, 0.2) is 130 Å². The summed E-state index contributed by atoms with van der Waals surface area (Å²) in [7, 11) is 4.95. The standard InChI is InChI=1S/C20H20N2O2.C7H9NO.C6H4Br2.CH4/c1-23-19-7-3-5-17(13-19)21-15-9-11-16(12-10-15)22-18-6-4-8-20(14-18)24-2;1-9-7-4-2-3-6(8)5-7;7-5-1-2-6(8)4-3-5;/h3-14,21-22H,1-2H3;2-5H,8H2,1H3;1-4H;1H4. The van der Waals surface area contributed by atoms with Crippen molar-refractivity contribution in [2.75, 3.05) is 37.7 Å². The first kappa shape index (κ1) is 34.1. The molecular formula is C34H37Br2N3O3. The SMILES string of the molecule is Brc1ccc(Br)cc1.C.COc1cccc(N)c1.COc1cccc(Nc2ccc(Nc3cccc(OC)c3)cc2)c1. The Morgan fingerprint density at radius 1 is 0.476 bits per heavy atom. The van der Waals surface area contributed by atoms with Crippen LogP contribution in [0.2, 0.25) is 0 Å². The number of anilines is 5. The van der Waals surface area contributed by atoms with Crippen molar-refractivity contribution in [1.82, 2.24) is 0 Å². The van der Waals surface area contributed by atoms with E-state index in [0.717, 1.165) is 54.6 Å². The minimum atomic E-state index is 0. The van der Waals surface area contributed by atoms with Crippen LogP contribution in [-0.2, 0) is 0 Å². The Morgan fingerprint density at radius 3 is 1.17 bits per heavy atom. The summed E-state index contributed by atoms with van der Waals surface area (Å²) in [6.07, 6.45) is 0. The molecule has 0 saturated carbocycles. The molecule has 0 spiro atoms. The van der Waals surface area contributed by atoms with Gasteiger partial charge in [-0.25, -0.2) is 0 Å². The molecule has 8 heteroatoms. The number of hydrogen-bond donors (Lipinski definition) is 3. The van der Waals surface area contributed by atoms with Gasteiger partial charge in [0, 0.05) is 55.6 Å². The smallest absolute Gasteiger partial charge is 0.120 e. The Labute approximate surface area is 266 Å². The van der Waals surface area contributed by atoms with Gasteiger partial charge in [0.15, 0.2) is 0 Å². The van der Waals surface area contributed by atoms with E-state index in [4.69, 9.17) is 19.9 Å². The molecule has 4 N–H and O–H groups in total. The fourth-order valence-corrected chi connectivity index (χ4v) is 3.97. The molecule has 0 aromatic heterocycles. The van der Waals surface area contributed by atoms with Crippen LogP contribution in [0, 0.1) is 0 Å². The highest BCUT2D eigenvalue weighted by atomic mass is 79.9. The Balaban J connectivity index is 0.000000280. The summed E-state index contributed by atoms with van der Waals surface area (Å²) in [6.45, 7) is 0. The molecule has 5 aromatic carbocycles. The molecule has 0 fully saturated rings. The highest BCUT2D eigenvalue weighted by Crippen LogP contribution is 2.25. The van der Waals surface area contributed by atoms with E-state index >= 15 is 0 Å². The van der Waals surface area contributed by atoms with Gasteiger partial charge in [0.1, 0.15) is 17.2 Å². The number of methoxy groups -OCH3 is 3. The Bertz CT molecular complexity index is 1390. The number of nitrogens with two attached hydrogens (primary N) is 1. The number of halogens is 2. The van der Waals surface area contributed by atoms with Crippen LogP contribution >= 0.6 is 31.9 Å². The number of ether oxygens (including phenoxy) is 3. The molecule has 0 aliphatic rings. The first-order valence-electron chi connectivity index (χ1n) is 12.6. The second kappa shape index (κ2) is 18.3. The molecule has 0 bridgehead atoms. The van der Waals surface area contributed by atoms with E-state index in [0.29, 0.717) is 0 Å². The van der Waals surface area contributed by atoms with Crippen molar-refractivity contribution >= 4 is 60.3 Å². The summed E-state index contributed by atoms with van der Waals surface area (Å²) in [5.41, 5.74) is 10.2. The van der Waals surface area contributed by atoms with Crippen LogP contribution < -0.4 is 30.6 Å². The second-order valence-electron chi connectivity index (χ2n) is 8.50. The normalized spacial score (nSPS) is 9.45. The highest BCUT2D eigenvalue weighted by molar-refractivity contribution is 9.11. The van der Waals surface area contributed by atoms with Gasteiger partial charge in [-0.1, -0.05) is 57.5 Å². The molecule has 42 heavy (non-hydrogen) atoms. The van der Waals surface area contributed by atoms with Crippen molar-refractivity contribution in [3.05, 3.63) is 130 Å². The van der Waals surface area contributed by atoms with Gasteiger partial charge < -0.3 is 30.6 Å². The predicted molar refractivity (Wildman–Crippen MR) is 185 cm³/mol. The third-order valence-corrected chi connectivity index (χ3v) is 6.56. The van der Waals surface area contributed by atoms with Crippen LogP contribution in [0.4, 0.5) is 28.4 Å². The summed E-state index contributed by atoms with van der Waals surface area (Å²) in [5.74, 6) is 2.46. The fraction of sp³-hybridized carbons (Fsp3) is 0.118. The van der Waals surface area contributed by atoms with Gasteiger partial charge in [-0.05, 0) is 84.9 Å². The lowest BCUT2D eigenvalue weighted by Crippen LogP contribution is -1.93. The summed E-state index contributed by atoms with van der Waals surface area (Å²) in [4.78, 5) is 0. The minimum Gasteiger partial charge on any atom is -0.497 e. The van der Waals surface area contributed by atoms with Gasteiger partial charge in [0.05, 0.1) is 21.3 Å². The molecule has 5 rings (SSSR count). The zero-order chi connectivity index (χ0) is 29.5. The number of benzene rings is 5. The topological polar surface area (TPSA) is 77.8 Å². The number of rotatable bonds is 7. The molecule has 0 aliphatic heterocycles. The lowest BCUT2D eigenvalue weighted by Gasteiger charge is -2.11. The van der Waals surface area contributed by atoms with Gasteiger partial charge in [-0.3, -0.25) is 0 Å². The van der Waals surface area contributed by atoms with E-state index in [2.05, 4.69) is 42.5 Å². The van der Waals surface area contributed by atoms with Crippen molar-refractivity contribution in [2.45, 2.75) is 7.43 Å². The number of nitrogens with one attached hydrogen (secondary N) is 2. The zero-order valence-corrected chi connectivity index (χ0v) is 26.3. The molecule has 0 aliphatic carbocycles. The molecule has 220 valence electrons. The maximum absolute atomic E-state index is 5.45. The van der Waals surface area contributed by atoms with E-state index in [1.165, 1.54) is 0 Å². The lowest BCUT2D eigenvalue weighted by molar-refractivity contribution is 0.415. The highest BCUT2D eigenvalue weighted by Gasteiger charge is 2.00. The summed E-state index contributed by atoms with van der Waals surface area (Å²) in [5, 5.41) is 6.72. The molecular weight excluding hydrogens is 658 g/mol. The largest absolute Gasteiger partial charge is 0.497 e. The zero-order valence-electron chi connectivity index (χ0n) is 23.1. The van der Waals surface area contributed by atoms with Crippen LogP contribution in [0.1, 0.15) is 7.43 Å². The van der Waals surface area contributed by atoms with Crippen LogP contribution in [0.5, 0.6) is 17.2 Å². The monoisotopic (exact) mass is 693 g/mol. The molecule has 0 unspecified atom stereocenters. The molecule has 0 saturated heterocycles. The molecule has 0 radical (unpaired) electrons. The summed E-state index contributed by atoms with van der Waals surface area (Å²) >= 11 is 6.65. The average molecular weight is 695 g/mol. The van der Waals surface area contributed by atoms with E-state index in [1.54, 1.807) is 27.4 Å². The van der Waals surface area contributed by atoms with E-state index in [1.807, 2.05) is 115 Å². The summed E-state index contributed by atoms with van der Waals surface area (Å²) in [6, 6.07) is 39.1. The van der Waals surface area contributed by atoms with Crippen LogP contribution in [0.3, 0.4) is 0 Å². The van der Waals surface area contributed by atoms with Gasteiger partial charge in [-0.15, -0.1) is 0 Å². The Morgan fingerprint density at radius 2 is 0.833 bits per heavy atom. The molecule has 0 amide bonds. The molecule has 0 heterocycles. The van der Waals surface area contributed by atoms with Crippen molar-refractivity contribution < 1.29 is 14.2 Å². The van der Waals surface area contributed by atoms with E-state index in [-0.39, 0.29) is 7.43 Å². The fourth-order valence-electron chi connectivity index (χ4n) is 3.44. The van der Waals surface area contributed by atoms with Crippen molar-refractivity contribution in [3.63, 3.8) is 0 Å². The molecule has 6 nitrogen and oxygen atoms in total. The first-order valence-corrected chi connectivity index (χ1v) is 14.2. The average Bonchev–Trinajstić information content (AvgIpc) is 3.00. The van der Waals surface area contributed by atoms with E-state index in [9.17, 15) is 0 Å². The van der Waals surface area contributed by atoms with Crippen LogP contribution in [-0.4, -0.2) is 21.3 Å². The van der Waals surface area contributed by atoms with Gasteiger partial charge in [0.25, 0.3) is 0 Å². The third kappa shape index (κ3) is 12.2. The second-order valence-corrected chi connectivity index (χ2v) is 10.3. The van der Waals surface area contributed by atoms with Crippen molar-refractivity contribution in [2.24, 2.45) is 0 Å². The summed E-state index contributed by atoms with van der Waals surface area (Å²) < 4.78 is 17.6. The lowest BCUT2D eigenvalue weighted by atomic mass is 10.2. The first-order chi connectivity index (χ1) is 19.9. The number of hydrogen-bond acceptors (Lipinski definition) is 6. The third-order valence-electron chi connectivity index (χ3n) is 5.50. The van der Waals surface area contributed by atoms with Crippen molar-refractivity contribution in [1.29, 1.82) is 0 Å². The molecule has 0 atom stereocenters. The minimum absolute atomic E-state index is 0. The van der Waals surface area contributed by atoms with Gasteiger partial charge in [0.2, 0.25) is 0 Å².